The van der Waals surface area contributed by atoms with Crippen molar-refractivity contribution in [2.45, 2.75) is 6.92 Å². The van der Waals surface area contributed by atoms with Gasteiger partial charge in [0.05, 0.1) is 19.8 Å². The van der Waals surface area contributed by atoms with Crippen molar-refractivity contribution in [2.75, 3.05) is 43.1 Å². The van der Waals surface area contributed by atoms with Crippen LogP contribution in [0.5, 0.6) is 0 Å². The SMILES string of the molecule is CC1=CC(Nc2nc(/C=C/c3cccc(F)c3)nc(N3CCOCC3)n2)=NC1. The first-order chi connectivity index (χ1) is 13.7. The van der Waals surface area contributed by atoms with E-state index < -0.39 is 0 Å². The summed E-state index contributed by atoms with van der Waals surface area (Å²) in [6, 6.07) is 6.36. The standard InChI is InChI=1S/C20H21FN6O/c1-14-11-18(22-13-14)24-19-23-17(6-5-15-3-2-4-16(21)12-15)25-20(26-19)27-7-9-28-10-8-27/h2-6,11-12H,7-10,13H2,1H3,(H,22,23,24,25,26)/b6-5+. The Hall–Kier alpha value is -3.13. The summed E-state index contributed by atoms with van der Waals surface area (Å²) >= 11 is 0. The molecule has 4 rings (SSSR count). The average Bonchev–Trinajstić information content (AvgIpc) is 3.11. The lowest BCUT2D eigenvalue weighted by atomic mass is 10.2. The molecule has 0 aliphatic carbocycles. The van der Waals surface area contributed by atoms with E-state index >= 15 is 0 Å². The number of anilines is 2. The number of hydrogen-bond acceptors (Lipinski definition) is 7. The summed E-state index contributed by atoms with van der Waals surface area (Å²) in [6.07, 6.45) is 5.51. The quantitative estimate of drug-likeness (QED) is 0.879. The van der Waals surface area contributed by atoms with Crippen LogP contribution < -0.4 is 10.2 Å². The fraction of sp³-hybridized carbons (Fsp3) is 0.300. The van der Waals surface area contributed by atoms with Gasteiger partial charge in [-0.05, 0) is 42.3 Å². The number of halogens is 1. The minimum atomic E-state index is -0.282. The van der Waals surface area contributed by atoms with Gasteiger partial charge in [0.2, 0.25) is 11.9 Å². The second kappa shape index (κ2) is 8.26. The summed E-state index contributed by atoms with van der Waals surface area (Å²) in [5.41, 5.74) is 1.91. The summed E-state index contributed by atoms with van der Waals surface area (Å²) in [5.74, 6) is 1.95. The number of ether oxygens (including phenoxy) is 1. The lowest BCUT2D eigenvalue weighted by Gasteiger charge is -2.27. The zero-order valence-electron chi connectivity index (χ0n) is 15.6. The van der Waals surface area contributed by atoms with Crippen molar-refractivity contribution >= 4 is 29.9 Å². The van der Waals surface area contributed by atoms with Crippen LogP contribution in [0.4, 0.5) is 16.3 Å². The number of nitrogens with zero attached hydrogens (tertiary/aromatic N) is 5. The van der Waals surface area contributed by atoms with Gasteiger partial charge in [-0.2, -0.15) is 15.0 Å². The van der Waals surface area contributed by atoms with Crippen LogP contribution in [0.1, 0.15) is 18.3 Å². The monoisotopic (exact) mass is 380 g/mol. The molecule has 1 aromatic heterocycles. The van der Waals surface area contributed by atoms with E-state index in [0.717, 1.165) is 24.5 Å². The van der Waals surface area contributed by atoms with Crippen LogP contribution in [-0.4, -0.2) is 53.6 Å². The van der Waals surface area contributed by atoms with E-state index in [1.807, 2.05) is 19.1 Å². The number of morpholine rings is 1. The molecule has 0 amide bonds. The molecule has 2 aliphatic rings. The molecule has 2 aromatic rings. The van der Waals surface area contributed by atoms with Gasteiger partial charge in [0.15, 0.2) is 5.82 Å². The van der Waals surface area contributed by atoms with Gasteiger partial charge in [-0.15, -0.1) is 0 Å². The van der Waals surface area contributed by atoms with Gasteiger partial charge in [0.1, 0.15) is 11.7 Å². The number of aliphatic imine (C=N–C) groups is 1. The third-order valence-corrected chi connectivity index (χ3v) is 4.33. The van der Waals surface area contributed by atoms with Crippen molar-refractivity contribution < 1.29 is 9.13 Å². The van der Waals surface area contributed by atoms with Gasteiger partial charge in [0.25, 0.3) is 0 Å². The van der Waals surface area contributed by atoms with E-state index in [1.165, 1.54) is 17.7 Å². The number of rotatable bonds is 4. The summed E-state index contributed by atoms with van der Waals surface area (Å²) < 4.78 is 18.8. The van der Waals surface area contributed by atoms with Gasteiger partial charge in [-0.3, -0.25) is 4.99 Å². The number of hydrogen-bond donors (Lipinski definition) is 1. The first-order valence-electron chi connectivity index (χ1n) is 9.17. The molecular formula is C20H21FN6O. The molecule has 3 heterocycles. The highest BCUT2D eigenvalue weighted by atomic mass is 19.1. The van der Waals surface area contributed by atoms with Crippen molar-refractivity contribution in [3.8, 4) is 0 Å². The molecule has 0 unspecified atom stereocenters. The molecule has 0 atom stereocenters. The van der Waals surface area contributed by atoms with E-state index in [0.29, 0.717) is 37.5 Å². The summed E-state index contributed by atoms with van der Waals surface area (Å²) in [5, 5.41) is 3.16. The Bertz CT molecular complexity index is 949. The van der Waals surface area contributed by atoms with E-state index in [1.54, 1.807) is 18.2 Å². The zero-order chi connectivity index (χ0) is 19.3. The van der Waals surface area contributed by atoms with E-state index in [2.05, 4.69) is 30.2 Å². The third-order valence-electron chi connectivity index (χ3n) is 4.33. The molecule has 0 radical (unpaired) electrons. The highest BCUT2D eigenvalue weighted by Gasteiger charge is 2.17. The average molecular weight is 380 g/mol. The predicted molar refractivity (Wildman–Crippen MR) is 108 cm³/mol. The largest absolute Gasteiger partial charge is 0.378 e. The van der Waals surface area contributed by atoms with Gasteiger partial charge in [0, 0.05) is 13.1 Å². The Morgan fingerprint density at radius 1 is 1.14 bits per heavy atom. The summed E-state index contributed by atoms with van der Waals surface area (Å²) in [7, 11) is 0. The predicted octanol–water partition coefficient (Wildman–Crippen LogP) is 2.79. The molecule has 7 nitrogen and oxygen atoms in total. The lowest BCUT2D eigenvalue weighted by Crippen LogP contribution is -2.37. The molecule has 1 aromatic carbocycles. The maximum absolute atomic E-state index is 13.4. The minimum Gasteiger partial charge on any atom is -0.378 e. The van der Waals surface area contributed by atoms with Crippen LogP contribution >= 0.6 is 0 Å². The molecule has 1 fully saturated rings. The smallest absolute Gasteiger partial charge is 0.233 e. The molecular weight excluding hydrogens is 359 g/mol. The first kappa shape index (κ1) is 18.2. The van der Waals surface area contributed by atoms with Crippen LogP contribution in [0.25, 0.3) is 12.2 Å². The maximum atomic E-state index is 13.4. The molecule has 1 N–H and O–H groups in total. The number of benzene rings is 1. The van der Waals surface area contributed by atoms with Crippen molar-refractivity contribution in [2.24, 2.45) is 4.99 Å². The van der Waals surface area contributed by atoms with Crippen molar-refractivity contribution in [3.63, 3.8) is 0 Å². The second-order valence-corrected chi connectivity index (χ2v) is 6.62. The summed E-state index contributed by atoms with van der Waals surface area (Å²) in [6.45, 7) is 5.41. The van der Waals surface area contributed by atoms with Gasteiger partial charge < -0.3 is 15.0 Å². The van der Waals surface area contributed by atoms with Crippen LogP contribution in [0.2, 0.25) is 0 Å². The molecule has 2 aliphatic heterocycles. The fourth-order valence-electron chi connectivity index (χ4n) is 2.92. The lowest BCUT2D eigenvalue weighted by molar-refractivity contribution is 0.122. The van der Waals surface area contributed by atoms with Crippen LogP contribution in [0, 0.1) is 5.82 Å². The second-order valence-electron chi connectivity index (χ2n) is 6.62. The number of nitrogens with one attached hydrogen (secondary N) is 1. The Morgan fingerprint density at radius 2 is 2.00 bits per heavy atom. The highest BCUT2D eigenvalue weighted by Crippen LogP contribution is 2.16. The van der Waals surface area contributed by atoms with Crippen LogP contribution in [-0.2, 0) is 4.74 Å². The van der Waals surface area contributed by atoms with Gasteiger partial charge >= 0.3 is 0 Å². The molecule has 28 heavy (non-hydrogen) atoms. The van der Waals surface area contributed by atoms with Crippen molar-refractivity contribution in [3.05, 3.63) is 53.1 Å². The van der Waals surface area contributed by atoms with Crippen molar-refractivity contribution in [1.29, 1.82) is 0 Å². The molecule has 0 spiro atoms. The third kappa shape index (κ3) is 4.58. The van der Waals surface area contributed by atoms with E-state index in [-0.39, 0.29) is 5.82 Å². The Morgan fingerprint density at radius 3 is 2.75 bits per heavy atom. The van der Waals surface area contributed by atoms with E-state index in [9.17, 15) is 4.39 Å². The normalized spacial score (nSPS) is 17.0. The molecule has 8 heteroatoms. The first-order valence-corrected chi connectivity index (χ1v) is 9.17. The Labute approximate surface area is 162 Å². The Balaban J connectivity index is 1.62. The van der Waals surface area contributed by atoms with Crippen LogP contribution in [0.3, 0.4) is 0 Å². The van der Waals surface area contributed by atoms with E-state index in [4.69, 9.17) is 4.74 Å². The van der Waals surface area contributed by atoms with Crippen LogP contribution in [0.15, 0.2) is 40.9 Å². The molecule has 0 bridgehead atoms. The molecule has 0 saturated carbocycles. The maximum Gasteiger partial charge on any atom is 0.233 e. The zero-order valence-corrected chi connectivity index (χ0v) is 15.6. The molecule has 1 saturated heterocycles. The Kier molecular flexibility index (Phi) is 5.38. The van der Waals surface area contributed by atoms with Gasteiger partial charge in [-0.25, -0.2) is 4.39 Å². The van der Waals surface area contributed by atoms with Gasteiger partial charge in [-0.1, -0.05) is 18.2 Å². The topological polar surface area (TPSA) is 75.5 Å². The number of aromatic nitrogens is 3. The fourth-order valence-corrected chi connectivity index (χ4v) is 2.92. The number of amidine groups is 1. The molecule has 144 valence electrons. The van der Waals surface area contributed by atoms with Crippen molar-refractivity contribution in [1.82, 2.24) is 15.0 Å². The minimum absolute atomic E-state index is 0.282. The summed E-state index contributed by atoms with van der Waals surface area (Å²) in [4.78, 5) is 20.0. The highest BCUT2D eigenvalue weighted by molar-refractivity contribution is 6.04.